The molecule has 0 bridgehead atoms. The number of rotatable bonds is 6. The van der Waals surface area contributed by atoms with Gasteiger partial charge in [-0.15, -0.1) is 0 Å². The van der Waals surface area contributed by atoms with Crippen LogP contribution in [-0.4, -0.2) is 63.7 Å². The Balaban J connectivity index is 1.73. The topological polar surface area (TPSA) is 52.7 Å². The van der Waals surface area contributed by atoms with Crippen LogP contribution in [0.1, 0.15) is 6.42 Å². The SMILES string of the molecule is CN1CCN(CCCS(=O)(=O)Nc2ccccc2)CC1. The van der Waals surface area contributed by atoms with Crippen LogP contribution in [0, 0.1) is 0 Å². The van der Waals surface area contributed by atoms with Crippen molar-refractivity contribution in [3.63, 3.8) is 0 Å². The number of nitrogens with one attached hydrogen (secondary N) is 1. The number of benzene rings is 1. The Hall–Kier alpha value is -1.11. The predicted molar refractivity (Wildman–Crippen MR) is 82.4 cm³/mol. The summed E-state index contributed by atoms with van der Waals surface area (Å²) >= 11 is 0. The summed E-state index contributed by atoms with van der Waals surface area (Å²) in [5, 5.41) is 0. The van der Waals surface area contributed by atoms with Crippen molar-refractivity contribution in [2.45, 2.75) is 6.42 Å². The second-order valence-electron chi connectivity index (χ2n) is 5.29. The molecule has 1 aliphatic rings. The fraction of sp³-hybridized carbons (Fsp3) is 0.571. The average Bonchev–Trinajstić information content (AvgIpc) is 2.41. The summed E-state index contributed by atoms with van der Waals surface area (Å²) < 4.78 is 26.5. The highest BCUT2D eigenvalue weighted by atomic mass is 32.2. The lowest BCUT2D eigenvalue weighted by Crippen LogP contribution is -2.45. The highest BCUT2D eigenvalue weighted by Gasteiger charge is 2.15. The first-order valence-corrected chi connectivity index (χ1v) is 8.67. The third-order valence-corrected chi connectivity index (χ3v) is 4.90. The van der Waals surface area contributed by atoms with Crippen LogP contribution in [0.3, 0.4) is 0 Å². The van der Waals surface area contributed by atoms with Gasteiger partial charge in [0.15, 0.2) is 0 Å². The maximum atomic E-state index is 12.0. The van der Waals surface area contributed by atoms with Gasteiger partial charge < -0.3 is 9.80 Å². The van der Waals surface area contributed by atoms with E-state index < -0.39 is 10.0 Å². The molecule has 20 heavy (non-hydrogen) atoms. The lowest BCUT2D eigenvalue weighted by Gasteiger charge is -2.32. The molecule has 1 aromatic carbocycles. The molecule has 6 heteroatoms. The van der Waals surface area contributed by atoms with Crippen molar-refractivity contribution >= 4 is 15.7 Å². The van der Waals surface area contributed by atoms with Gasteiger partial charge in [0, 0.05) is 31.9 Å². The van der Waals surface area contributed by atoms with E-state index >= 15 is 0 Å². The summed E-state index contributed by atoms with van der Waals surface area (Å²) in [7, 11) is -1.12. The molecule has 0 aliphatic carbocycles. The molecule has 5 nitrogen and oxygen atoms in total. The first-order valence-electron chi connectivity index (χ1n) is 7.02. The Bertz CT molecular complexity index is 496. The van der Waals surface area contributed by atoms with Crippen molar-refractivity contribution in [3.8, 4) is 0 Å². The van der Waals surface area contributed by atoms with Crippen molar-refractivity contribution in [1.82, 2.24) is 9.80 Å². The Kier molecular flexibility index (Phi) is 5.39. The summed E-state index contributed by atoms with van der Waals surface area (Å²) in [5.74, 6) is 0.175. The molecule has 0 amide bonds. The zero-order valence-corrected chi connectivity index (χ0v) is 12.8. The number of para-hydroxylation sites is 1. The van der Waals surface area contributed by atoms with Crippen LogP contribution in [0.5, 0.6) is 0 Å². The van der Waals surface area contributed by atoms with E-state index in [2.05, 4.69) is 21.6 Å². The van der Waals surface area contributed by atoms with Gasteiger partial charge in [-0.25, -0.2) is 8.42 Å². The molecule has 0 spiro atoms. The molecule has 1 aromatic rings. The molecule has 1 heterocycles. The summed E-state index contributed by atoms with van der Waals surface area (Å²) in [6.45, 7) is 5.04. The van der Waals surface area contributed by atoms with Gasteiger partial charge in [-0.2, -0.15) is 0 Å². The van der Waals surface area contributed by atoms with Crippen molar-refractivity contribution < 1.29 is 8.42 Å². The van der Waals surface area contributed by atoms with Gasteiger partial charge in [-0.1, -0.05) is 18.2 Å². The number of hydrogen-bond donors (Lipinski definition) is 1. The maximum Gasteiger partial charge on any atom is 0.232 e. The van der Waals surface area contributed by atoms with Crippen molar-refractivity contribution in [2.75, 3.05) is 50.2 Å². The standard InChI is InChI=1S/C14H23N3O2S/c1-16-9-11-17(12-10-16)8-5-13-20(18,19)15-14-6-3-2-4-7-14/h2-4,6-7,15H,5,8-13H2,1H3. The molecule has 0 radical (unpaired) electrons. The molecular weight excluding hydrogens is 274 g/mol. The van der Waals surface area contributed by atoms with Crippen LogP contribution < -0.4 is 4.72 Å². The molecule has 1 N–H and O–H groups in total. The monoisotopic (exact) mass is 297 g/mol. The second kappa shape index (κ2) is 7.06. The lowest BCUT2D eigenvalue weighted by atomic mass is 10.3. The quantitative estimate of drug-likeness (QED) is 0.853. The molecule has 0 atom stereocenters. The summed E-state index contributed by atoms with van der Waals surface area (Å²) in [6, 6.07) is 9.03. The van der Waals surface area contributed by atoms with Gasteiger partial charge in [0.25, 0.3) is 0 Å². The van der Waals surface area contributed by atoms with Crippen molar-refractivity contribution in [3.05, 3.63) is 30.3 Å². The number of likely N-dealkylation sites (N-methyl/N-ethyl adjacent to an activating group) is 1. The van der Waals surface area contributed by atoms with Crippen LogP contribution in [0.25, 0.3) is 0 Å². The predicted octanol–water partition coefficient (Wildman–Crippen LogP) is 1.07. The van der Waals surface area contributed by atoms with Gasteiger partial charge >= 0.3 is 0 Å². The zero-order valence-electron chi connectivity index (χ0n) is 12.0. The average molecular weight is 297 g/mol. The first-order chi connectivity index (χ1) is 9.55. The van der Waals surface area contributed by atoms with Crippen LogP contribution in [-0.2, 0) is 10.0 Å². The van der Waals surface area contributed by atoms with E-state index in [1.165, 1.54) is 0 Å². The molecule has 2 rings (SSSR count). The van der Waals surface area contributed by atoms with E-state index in [-0.39, 0.29) is 5.75 Å². The van der Waals surface area contributed by atoms with E-state index in [9.17, 15) is 8.42 Å². The molecular formula is C14H23N3O2S. The third-order valence-electron chi connectivity index (χ3n) is 3.53. The molecule has 112 valence electrons. The fourth-order valence-corrected chi connectivity index (χ4v) is 3.39. The normalized spacial score (nSPS) is 18.1. The third kappa shape index (κ3) is 5.11. The Morgan fingerprint density at radius 1 is 1.10 bits per heavy atom. The summed E-state index contributed by atoms with van der Waals surface area (Å²) in [4.78, 5) is 4.63. The lowest BCUT2D eigenvalue weighted by molar-refractivity contribution is 0.154. The van der Waals surface area contributed by atoms with Gasteiger partial charge in [0.1, 0.15) is 0 Å². The van der Waals surface area contributed by atoms with Crippen molar-refractivity contribution in [2.24, 2.45) is 0 Å². The second-order valence-corrected chi connectivity index (χ2v) is 7.13. The highest BCUT2D eigenvalue weighted by molar-refractivity contribution is 7.92. The number of sulfonamides is 1. The van der Waals surface area contributed by atoms with E-state index in [4.69, 9.17) is 0 Å². The summed E-state index contributed by atoms with van der Waals surface area (Å²) in [6.07, 6.45) is 0.673. The molecule has 1 saturated heterocycles. The van der Waals surface area contributed by atoms with E-state index in [1.54, 1.807) is 12.1 Å². The maximum absolute atomic E-state index is 12.0. The summed E-state index contributed by atoms with van der Waals surface area (Å²) in [5.41, 5.74) is 0.632. The molecule has 1 aliphatic heterocycles. The van der Waals surface area contributed by atoms with Crippen LogP contribution >= 0.6 is 0 Å². The smallest absolute Gasteiger partial charge is 0.232 e. The number of anilines is 1. The van der Waals surface area contributed by atoms with Gasteiger partial charge in [0.2, 0.25) is 10.0 Å². The minimum absolute atomic E-state index is 0.175. The molecule has 0 unspecified atom stereocenters. The molecule has 0 aromatic heterocycles. The molecule has 1 fully saturated rings. The number of piperazine rings is 1. The zero-order chi connectivity index (χ0) is 14.4. The Morgan fingerprint density at radius 2 is 1.75 bits per heavy atom. The Labute approximate surface area is 121 Å². The van der Waals surface area contributed by atoms with E-state index in [1.807, 2.05) is 18.2 Å². The minimum Gasteiger partial charge on any atom is -0.304 e. The first kappa shape index (κ1) is 15.3. The number of nitrogens with zero attached hydrogens (tertiary/aromatic N) is 2. The number of hydrogen-bond acceptors (Lipinski definition) is 4. The van der Waals surface area contributed by atoms with Crippen molar-refractivity contribution in [1.29, 1.82) is 0 Å². The minimum atomic E-state index is -3.23. The largest absolute Gasteiger partial charge is 0.304 e. The fourth-order valence-electron chi connectivity index (χ4n) is 2.29. The Morgan fingerprint density at radius 3 is 2.40 bits per heavy atom. The van der Waals surface area contributed by atoms with Crippen LogP contribution in [0.15, 0.2) is 30.3 Å². The van der Waals surface area contributed by atoms with Gasteiger partial charge in [0.05, 0.1) is 5.75 Å². The van der Waals surface area contributed by atoms with Crippen LogP contribution in [0.2, 0.25) is 0 Å². The van der Waals surface area contributed by atoms with E-state index in [0.29, 0.717) is 12.1 Å². The van der Waals surface area contributed by atoms with Gasteiger partial charge in [-0.3, -0.25) is 4.72 Å². The van der Waals surface area contributed by atoms with Crippen LogP contribution in [0.4, 0.5) is 5.69 Å². The van der Waals surface area contributed by atoms with E-state index in [0.717, 1.165) is 32.7 Å². The van der Waals surface area contributed by atoms with Gasteiger partial charge in [-0.05, 0) is 32.1 Å². The highest BCUT2D eigenvalue weighted by Crippen LogP contribution is 2.09. The molecule has 0 saturated carbocycles.